The molecule has 0 spiro atoms. The molecule has 0 saturated heterocycles. The van der Waals surface area contributed by atoms with Gasteiger partial charge in [0.15, 0.2) is 0 Å². The van der Waals surface area contributed by atoms with E-state index in [1.165, 1.54) is 0 Å². The van der Waals surface area contributed by atoms with Crippen molar-refractivity contribution in [2.24, 2.45) is 0 Å². The van der Waals surface area contributed by atoms with Crippen molar-refractivity contribution in [3.8, 4) is 0 Å². The van der Waals surface area contributed by atoms with Crippen molar-refractivity contribution in [3.05, 3.63) is 18.2 Å². The number of imidazole rings is 1. The van der Waals surface area contributed by atoms with E-state index in [0.717, 1.165) is 18.9 Å². The number of hydrogen-bond acceptors (Lipinski definition) is 9. The molecule has 0 N–H and O–H groups in total. The zero-order valence-electron chi connectivity index (χ0n) is 22.0. The Morgan fingerprint density at radius 1 is 0.600 bits per heavy atom. The molecule has 1 aromatic rings. The van der Waals surface area contributed by atoms with Gasteiger partial charge in [-0.2, -0.15) is 0 Å². The zero-order valence-corrected chi connectivity index (χ0v) is 22.0. The van der Waals surface area contributed by atoms with Crippen molar-refractivity contribution in [1.82, 2.24) is 4.57 Å². The van der Waals surface area contributed by atoms with Crippen LogP contribution in [0.1, 0.15) is 12.7 Å². The van der Waals surface area contributed by atoms with E-state index in [0.29, 0.717) is 106 Å². The first-order chi connectivity index (χ1) is 17.3. The lowest BCUT2D eigenvalue weighted by molar-refractivity contribution is -0.707. The monoisotopic (exact) mass is 507 g/mol. The van der Waals surface area contributed by atoms with Gasteiger partial charge in [-0.15, -0.1) is 0 Å². The molecule has 1 rings (SSSR count). The Labute approximate surface area is 210 Å². The van der Waals surface area contributed by atoms with Gasteiger partial charge in [0.1, 0.15) is 32.1 Å². The standard InChI is InChI=1S/C24H47N2O9/c1-4-29-15-16-30-9-7-25-5-6-26(8-10-31-17-18-32-13-11-27-2)24(25)23-35-22-21-34-20-19-33-14-12-28-3/h5-6H,4,7-23H2,1-3H3/q+1. The smallest absolute Gasteiger partial charge is 0.283 e. The summed E-state index contributed by atoms with van der Waals surface area (Å²) in [5.41, 5.74) is 0. The molecule has 1 heterocycles. The fraction of sp³-hybridized carbons (Fsp3) is 0.875. The van der Waals surface area contributed by atoms with Crippen LogP contribution >= 0.6 is 0 Å². The fourth-order valence-corrected chi connectivity index (χ4v) is 2.97. The van der Waals surface area contributed by atoms with Gasteiger partial charge in [-0.25, -0.2) is 9.13 Å². The summed E-state index contributed by atoms with van der Waals surface area (Å²) in [5, 5.41) is 0. The van der Waals surface area contributed by atoms with Crippen LogP contribution in [0.4, 0.5) is 0 Å². The molecule has 0 aliphatic carbocycles. The second kappa shape index (κ2) is 24.5. The Balaban J connectivity index is 2.35. The van der Waals surface area contributed by atoms with E-state index in [2.05, 4.69) is 9.13 Å². The van der Waals surface area contributed by atoms with Crippen molar-refractivity contribution in [1.29, 1.82) is 0 Å². The van der Waals surface area contributed by atoms with E-state index in [1.54, 1.807) is 14.2 Å². The lowest BCUT2D eigenvalue weighted by atomic mass is 10.5. The molecule has 1 aromatic heterocycles. The average Bonchev–Trinajstić information content (AvgIpc) is 3.25. The van der Waals surface area contributed by atoms with Gasteiger partial charge in [0.05, 0.1) is 92.5 Å². The highest BCUT2D eigenvalue weighted by Crippen LogP contribution is 2.00. The molecule has 0 fully saturated rings. The van der Waals surface area contributed by atoms with E-state index in [-0.39, 0.29) is 0 Å². The van der Waals surface area contributed by atoms with Crippen LogP contribution in [0.3, 0.4) is 0 Å². The van der Waals surface area contributed by atoms with Gasteiger partial charge in [-0.05, 0) is 6.92 Å². The number of aromatic nitrogens is 2. The Morgan fingerprint density at radius 3 is 1.66 bits per heavy atom. The Kier molecular flexibility index (Phi) is 22.4. The Bertz CT molecular complexity index is 575. The molecular formula is C24H47N2O9+. The lowest BCUT2D eigenvalue weighted by Crippen LogP contribution is -2.40. The maximum atomic E-state index is 5.89. The van der Waals surface area contributed by atoms with Crippen molar-refractivity contribution in [2.75, 3.05) is 113 Å². The molecule has 11 heteroatoms. The van der Waals surface area contributed by atoms with Crippen LogP contribution in [-0.2, 0) is 62.3 Å². The molecule has 0 saturated carbocycles. The maximum Gasteiger partial charge on any atom is 0.283 e. The third-order valence-electron chi connectivity index (χ3n) is 4.83. The van der Waals surface area contributed by atoms with E-state index in [1.807, 2.05) is 19.3 Å². The van der Waals surface area contributed by atoms with Crippen LogP contribution in [0.5, 0.6) is 0 Å². The predicted octanol–water partition coefficient (Wildman–Crippen LogP) is 0.705. The zero-order chi connectivity index (χ0) is 25.2. The molecule has 35 heavy (non-hydrogen) atoms. The molecule has 0 radical (unpaired) electrons. The molecule has 0 atom stereocenters. The van der Waals surface area contributed by atoms with Gasteiger partial charge in [-0.3, -0.25) is 0 Å². The van der Waals surface area contributed by atoms with Crippen molar-refractivity contribution in [3.63, 3.8) is 0 Å². The first kappa shape index (κ1) is 31.9. The topological polar surface area (TPSA) is 91.9 Å². The molecule has 0 aliphatic rings. The second-order valence-corrected chi connectivity index (χ2v) is 7.40. The minimum atomic E-state index is 0.472. The summed E-state index contributed by atoms with van der Waals surface area (Å²) in [4.78, 5) is 0. The van der Waals surface area contributed by atoms with E-state index < -0.39 is 0 Å². The minimum absolute atomic E-state index is 0.472. The predicted molar refractivity (Wildman–Crippen MR) is 129 cm³/mol. The maximum absolute atomic E-state index is 5.89. The first-order valence-electron chi connectivity index (χ1n) is 12.4. The molecular weight excluding hydrogens is 460 g/mol. The van der Waals surface area contributed by atoms with Gasteiger partial charge in [-0.1, -0.05) is 0 Å². The Morgan fingerprint density at radius 2 is 1.09 bits per heavy atom. The largest absolute Gasteiger partial charge is 0.382 e. The summed E-state index contributed by atoms with van der Waals surface area (Å²) in [7, 11) is 3.31. The van der Waals surface area contributed by atoms with Gasteiger partial charge >= 0.3 is 0 Å². The van der Waals surface area contributed by atoms with Crippen LogP contribution in [0.25, 0.3) is 0 Å². The summed E-state index contributed by atoms with van der Waals surface area (Å²) in [6.07, 6.45) is 4.09. The van der Waals surface area contributed by atoms with Gasteiger partial charge < -0.3 is 42.6 Å². The third-order valence-corrected chi connectivity index (χ3v) is 4.83. The second-order valence-electron chi connectivity index (χ2n) is 7.40. The highest BCUT2D eigenvalue weighted by atomic mass is 16.6. The quantitative estimate of drug-likeness (QED) is 0.126. The fourth-order valence-electron chi connectivity index (χ4n) is 2.97. The van der Waals surface area contributed by atoms with Gasteiger partial charge in [0.25, 0.3) is 5.82 Å². The molecule has 0 aromatic carbocycles. The Hall–Kier alpha value is -1.15. The number of ether oxygens (including phenoxy) is 9. The lowest BCUT2D eigenvalue weighted by Gasteiger charge is -2.09. The molecule has 0 unspecified atom stereocenters. The number of rotatable bonds is 27. The van der Waals surface area contributed by atoms with Crippen LogP contribution in [-0.4, -0.2) is 118 Å². The minimum Gasteiger partial charge on any atom is -0.382 e. The first-order valence-corrected chi connectivity index (χ1v) is 12.4. The molecule has 206 valence electrons. The highest BCUT2D eigenvalue weighted by molar-refractivity contribution is 4.82. The summed E-state index contributed by atoms with van der Waals surface area (Å²) >= 11 is 0. The molecule has 0 amide bonds. The van der Waals surface area contributed by atoms with E-state index in [4.69, 9.17) is 42.6 Å². The summed E-state index contributed by atoms with van der Waals surface area (Å²) in [6.45, 7) is 12.6. The number of hydrogen-bond donors (Lipinski definition) is 0. The molecule has 0 aliphatic heterocycles. The normalized spacial score (nSPS) is 11.5. The van der Waals surface area contributed by atoms with Crippen LogP contribution in [0.15, 0.2) is 12.4 Å². The van der Waals surface area contributed by atoms with Gasteiger partial charge in [0.2, 0.25) is 0 Å². The molecule has 0 bridgehead atoms. The molecule has 11 nitrogen and oxygen atoms in total. The van der Waals surface area contributed by atoms with Crippen molar-refractivity contribution >= 4 is 0 Å². The van der Waals surface area contributed by atoms with Gasteiger partial charge in [0, 0.05) is 20.8 Å². The number of methoxy groups -OCH3 is 2. The van der Waals surface area contributed by atoms with E-state index >= 15 is 0 Å². The highest BCUT2D eigenvalue weighted by Gasteiger charge is 2.17. The third kappa shape index (κ3) is 17.9. The van der Waals surface area contributed by atoms with Crippen molar-refractivity contribution < 1.29 is 47.2 Å². The average molecular weight is 508 g/mol. The summed E-state index contributed by atoms with van der Waals surface area (Å²) < 4.78 is 53.1. The number of nitrogens with zero attached hydrogens (tertiary/aromatic N) is 2. The van der Waals surface area contributed by atoms with Crippen LogP contribution < -0.4 is 4.57 Å². The van der Waals surface area contributed by atoms with Crippen LogP contribution in [0.2, 0.25) is 0 Å². The van der Waals surface area contributed by atoms with Crippen LogP contribution in [0, 0.1) is 0 Å². The SMILES string of the molecule is CCOCCOCCn1cc[n+](CCOCCOCCOC)c1COCCOCCOCCOC. The summed E-state index contributed by atoms with van der Waals surface area (Å²) in [6, 6.07) is 0. The van der Waals surface area contributed by atoms with E-state index in [9.17, 15) is 0 Å². The summed E-state index contributed by atoms with van der Waals surface area (Å²) in [5.74, 6) is 1.06. The van der Waals surface area contributed by atoms with Crippen molar-refractivity contribution in [2.45, 2.75) is 26.6 Å².